The molecule has 3 heterocycles. The van der Waals surface area contributed by atoms with E-state index in [1.165, 1.54) is 12.1 Å². The normalized spacial score (nSPS) is 14.8. The first kappa shape index (κ1) is 33.4. The number of carbonyl (C=O) groups excluding carboxylic acids is 2. The highest BCUT2D eigenvalue weighted by molar-refractivity contribution is 5.89. The number of piperidine rings is 1. The lowest BCUT2D eigenvalue weighted by Crippen LogP contribution is -2.52. The second-order valence-corrected chi connectivity index (χ2v) is 12.6. The molecule has 5 aromatic rings. The zero-order chi connectivity index (χ0) is 34.5. The van der Waals surface area contributed by atoms with E-state index in [2.05, 4.69) is 15.3 Å². The van der Waals surface area contributed by atoms with Gasteiger partial charge in [0, 0.05) is 42.3 Å². The van der Waals surface area contributed by atoms with Crippen LogP contribution in [0.4, 0.5) is 4.39 Å². The molecule has 1 unspecified atom stereocenters. The van der Waals surface area contributed by atoms with Crippen LogP contribution < -0.4 is 5.32 Å². The number of carbonyl (C=O) groups is 3. The number of hydrogen-bond donors (Lipinski definition) is 5. The third kappa shape index (κ3) is 7.62. The van der Waals surface area contributed by atoms with Crippen molar-refractivity contribution >= 4 is 28.7 Å². The van der Waals surface area contributed by atoms with Crippen LogP contribution in [0.25, 0.3) is 33.3 Å². The van der Waals surface area contributed by atoms with Gasteiger partial charge in [0.15, 0.2) is 0 Å². The van der Waals surface area contributed by atoms with Crippen LogP contribution in [0.5, 0.6) is 5.75 Å². The minimum absolute atomic E-state index is 0.0847. The fourth-order valence-corrected chi connectivity index (χ4v) is 6.53. The highest BCUT2D eigenvalue weighted by Gasteiger charge is 2.42. The molecule has 252 valence electrons. The van der Waals surface area contributed by atoms with Gasteiger partial charge in [0.1, 0.15) is 11.6 Å². The maximum absolute atomic E-state index is 13.6. The number of benzene rings is 3. The van der Waals surface area contributed by atoms with Crippen LogP contribution in [0.3, 0.4) is 0 Å². The number of carboxylic acid groups (broad SMARTS) is 1. The Morgan fingerprint density at radius 2 is 1.65 bits per heavy atom. The molecule has 0 spiro atoms. The van der Waals surface area contributed by atoms with Crippen molar-refractivity contribution in [3.8, 4) is 28.1 Å². The molecule has 0 radical (unpaired) electrons. The predicted molar refractivity (Wildman–Crippen MR) is 182 cm³/mol. The van der Waals surface area contributed by atoms with E-state index >= 15 is 0 Å². The third-order valence-corrected chi connectivity index (χ3v) is 9.29. The number of aliphatic carboxylic acids is 1. The van der Waals surface area contributed by atoms with Crippen molar-refractivity contribution < 1.29 is 34.1 Å². The molecule has 2 amide bonds. The average Bonchev–Trinajstić information content (AvgIpc) is 3.53. The number of H-pyrrole nitrogens is 1. The van der Waals surface area contributed by atoms with Gasteiger partial charge in [-0.1, -0.05) is 48.5 Å². The van der Waals surface area contributed by atoms with Crippen molar-refractivity contribution in [1.29, 1.82) is 0 Å². The van der Waals surface area contributed by atoms with E-state index in [1.54, 1.807) is 29.4 Å². The monoisotopic (exact) mass is 664 g/mol. The van der Waals surface area contributed by atoms with Crippen LogP contribution >= 0.6 is 0 Å². The van der Waals surface area contributed by atoms with Crippen molar-refractivity contribution in [2.45, 2.75) is 38.2 Å². The molecule has 11 heteroatoms. The summed E-state index contributed by atoms with van der Waals surface area (Å²) in [5, 5.41) is 33.9. The highest BCUT2D eigenvalue weighted by atomic mass is 19.1. The summed E-state index contributed by atoms with van der Waals surface area (Å²) >= 11 is 0. The standard InChI is InChI=1S/C38H37FN4O6/c39-28-10-6-25(7-11-28)21-38(37(49)41-22-29(44)20-35(46)47)13-16-43(17-14-38)34(45)18-24-4-8-26(9-5-24)30-2-1-3-31(36(30)48)32-19-27-12-15-40-23-33(27)42-32/h1-12,15,19,23,29,42,44,48H,13-14,16-18,20-22H2,(H,41,49)(H,46,47). The van der Waals surface area contributed by atoms with Crippen LogP contribution in [0, 0.1) is 11.2 Å². The van der Waals surface area contributed by atoms with Gasteiger partial charge in [0.05, 0.1) is 41.8 Å². The number of aromatic hydroxyl groups is 1. The van der Waals surface area contributed by atoms with Gasteiger partial charge >= 0.3 is 5.97 Å². The van der Waals surface area contributed by atoms with E-state index < -0.39 is 23.9 Å². The van der Waals surface area contributed by atoms with E-state index in [0.717, 1.165) is 33.3 Å². The summed E-state index contributed by atoms with van der Waals surface area (Å²) in [6.45, 7) is 0.444. The van der Waals surface area contributed by atoms with Gasteiger partial charge < -0.3 is 30.5 Å². The molecule has 2 aromatic heterocycles. The number of aliphatic hydroxyl groups is 1. The molecule has 6 rings (SSSR count). The number of hydrogen-bond acceptors (Lipinski definition) is 6. The molecule has 1 atom stereocenters. The first-order valence-electron chi connectivity index (χ1n) is 16.1. The predicted octanol–water partition coefficient (Wildman–Crippen LogP) is 5.09. The Morgan fingerprint density at radius 3 is 2.35 bits per heavy atom. The Labute approximate surface area is 282 Å². The first-order valence-corrected chi connectivity index (χ1v) is 16.1. The van der Waals surface area contributed by atoms with Crippen LogP contribution in [0.1, 0.15) is 30.4 Å². The molecule has 10 nitrogen and oxygen atoms in total. The van der Waals surface area contributed by atoms with E-state index in [-0.39, 0.29) is 36.3 Å². The van der Waals surface area contributed by atoms with Crippen molar-refractivity contribution in [2.75, 3.05) is 19.6 Å². The number of aromatic nitrogens is 2. The van der Waals surface area contributed by atoms with E-state index in [4.69, 9.17) is 5.11 Å². The number of nitrogens with zero attached hydrogens (tertiary/aromatic N) is 2. The third-order valence-electron chi connectivity index (χ3n) is 9.29. The zero-order valence-corrected chi connectivity index (χ0v) is 26.7. The number of rotatable bonds is 11. The molecule has 1 aliphatic heterocycles. The van der Waals surface area contributed by atoms with Crippen LogP contribution in [0.15, 0.2) is 91.3 Å². The smallest absolute Gasteiger partial charge is 0.306 e. The molecule has 0 saturated carbocycles. The number of phenols is 1. The lowest BCUT2D eigenvalue weighted by atomic mass is 9.72. The number of nitrogens with one attached hydrogen (secondary N) is 2. The molecular weight excluding hydrogens is 627 g/mol. The number of fused-ring (bicyclic) bond motifs is 1. The second-order valence-electron chi connectivity index (χ2n) is 12.6. The summed E-state index contributed by atoms with van der Waals surface area (Å²) in [5.41, 5.74) is 4.43. The summed E-state index contributed by atoms with van der Waals surface area (Å²) in [7, 11) is 0. The minimum atomic E-state index is -1.23. The number of para-hydroxylation sites is 1. The zero-order valence-electron chi connectivity index (χ0n) is 26.7. The lowest BCUT2D eigenvalue weighted by Gasteiger charge is -2.41. The van der Waals surface area contributed by atoms with Gasteiger partial charge in [-0.15, -0.1) is 0 Å². The van der Waals surface area contributed by atoms with Gasteiger partial charge in [-0.3, -0.25) is 19.4 Å². The number of pyridine rings is 1. The molecule has 1 saturated heterocycles. The quantitative estimate of drug-likeness (QED) is 0.132. The Hall–Kier alpha value is -5.55. The van der Waals surface area contributed by atoms with Gasteiger partial charge in [-0.2, -0.15) is 0 Å². The van der Waals surface area contributed by atoms with Crippen LogP contribution in [-0.2, 0) is 27.2 Å². The lowest BCUT2D eigenvalue weighted by molar-refractivity contribution is -0.141. The second kappa shape index (κ2) is 14.3. The number of aliphatic hydroxyl groups excluding tert-OH is 1. The number of aromatic amines is 1. The highest BCUT2D eigenvalue weighted by Crippen LogP contribution is 2.39. The topological polar surface area (TPSA) is 156 Å². The van der Waals surface area contributed by atoms with Gasteiger partial charge in [0.25, 0.3) is 0 Å². The number of likely N-dealkylation sites (tertiary alicyclic amines) is 1. The molecule has 5 N–H and O–H groups in total. The number of carboxylic acids is 1. The SMILES string of the molecule is O=C(O)CC(O)CNC(=O)C1(Cc2ccc(F)cc2)CCN(C(=O)Cc2ccc(-c3cccc(-c4cc5ccncc5[nH]4)c3O)cc2)CC1. The van der Waals surface area contributed by atoms with E-state index in [9.17, 15) is 29.0 Å². The molecule has 1 fully saturated rings. The van der Waals surface area contributed by atoms with E-state index in [0.29, 0.717) is 43.5 Å². The molecule has 49 heavy (non-hydrogen) atoms. The van der Waals surface area contributed by atoms with Crippen molar-refractivity contribution in [3.63, 3.8) is 0 Å². The summed E-state index contributed by atoms with van der Waals surface area (Å²) in [5.74, 6) is -1.84. The Kier molecular flexibility index (Phi) is 9.72. The van der Waals surface area contributed by atoms with Crippen LogP contribution in [-0.4, -0.2) is 73.7 Å². The summed E-state index contributed by atoms with van der Waals surface area (Å²) in [6, 6.07) is 22.9. The molecule has 3 aromatic carbocycles. The van der Waals surface area contributed by atoms with Gasteiger partial charge in [-0.25, -0.2) is 4.39 Å². The molecule has 0 bridgehead atoms. The van der Waals surface area contributed by atoms with Crippen molar-refractivity contribution in [3.05, 3.63) is 108 Å². The fourth-order valence-electron chi connectivity index (χ4n) is 6.53. The molecular formula is C38H37FN4O6. The summed E-state index contributed by atoms with van der Waals surface area (Å²) in [6.07, 6.45) is 2.89. The maximum Gasteiger partial charge on any atom is 0.306 e. The average molecular weight is 665 g/mol. The minimum Gasteiger partial charge on any atom is -0.507 e. The molecule has 0 aliphatic carbocycles. The van der Waals surface area contributed by atoms with E-state index in [1.807, 2.05) is 54.6 Å². The number of halogens is 1. The maximum atomic E-state index is 13.6. The number of phenolic OH excluding ortho intramolecular Hbond substituents is 1. The summed E-state index contributed by atoms with van der Waals surface area (Å²) in [4.78, 5) is 47.0. The van der Waals surface area contributed by atoms with Crippen molar-refractivity contribution in [2.24, 2.45) is 5.41 Å². The van der Waals surface area contributed by atoms with Crippen LogP contribution in [0.2, 0.25) is 0 Å². The summed E-state index contributed by atoms with van der Waals surface area (Å²) < 4.78 is 13.6. The van der Waals surface area contributed by atoms with Gasteiger partial charge in [0.2, 0.25) is 11.8 Å². The van der Waals surface area contributed by atoms with Crippen molar-refractivity contribution in [1.82, 2.24) is 20.2 Å². The first-order chi connectivity index (χ1) is 23.6. The van der Waals surface area contributed by atoms with Gasteiger partial charge in [-0.05, 0) is 66.3 Å². The molecule has 1 aliphatic rings. The largest absolute Gasteiger partial charge is 0.507 e. The fraction of sp³-hybridized carbons (Fsp3) is 0.263. The Bertz CT molecular complexity index is 1930. The Morgan fingerprint density at radius 1 is 0.959 bits per heavy atom. The number of amides is 2. The Balaban J connectivity index is 1.11.